The van der Waals surface area contributed by atoms with E-state index in [1.54, 1.807) is 24.0 Å². The third-order valence-corrected chi connectivity index (χ3v) is 3.81. The number of amides is 2. The zero-order valence-electron chi connectivity index (χ0n) is 12.4. The minimum absolute atomic E-state index is 0.00987. The first kappa shape index (κ1) is 14.3. The Hall–Kier alpha value is -2.63. The number of nitrogens with zero attached hydrogens (tertiary/aromatic N) is 2. The van der Waals surface area contributed by atoms with Crippen molar-refractivity contribution in [2.24, 2.45) is 13.0 Å². The third-order valence-electron chi connectivity index (χ3n) is 3.81. The first-order chi connectivity index (χ1) is 10.6. The van der Waals surface area contributed by atoms with Gasteiger partial charge in [0.05, 0.1) is 0 Å². The molecule has 2 N–H and O–H groups in total. The van der Waals surface area contributed by atoms with Crippen LogP contribution in [0, 0.1) is 5.92 Å². The van der Waals surface area contributed by atoms with Gasteiger partial charge in [-0.2, -0.15) is 5.10 Å². The summed E-state index contributed by atoms with van der Waals surface area (Å²) in [7, 11) is 1.79. The molecule has 1 aromatic carbocycles. The first-order valence-electron chi connectivity index (χ1n) is 7.30. The van der Waals surface area contributed by atoms with E-state index >= 15 is 0 Å². The molecule has 1 aliphatic heterocycles. The zero-order chi connectivity index (χ0) is 15.5. The lowest BCUT2D eigenvalue weighted by molar-refractivity contribution is -0.121. The Balaban J connectivity index is 1.55. The molecule has 1 atom stereocenters. The number of rotatable bonds is 4. The molecule has 2 heterocycles. The van der Waals surface area contributed by atoms with Crippen molar-refractivity contribution in [3.8, 4) is 0 Å². The number of aryl methyl sites for hydroxylation is 1. The van der Waals surface area contributed by atoms with Crippen molar-refractivity contribution in [3.63, 3.8) is 0 Å². The number of anilines is 2. The lowest BCUT2D eigenvalue weighted by Crippen LogP contribution is -2.30. The fourth-order valence-electron chi connectivity index (χ4n) is 2.64. The Morgan fingerprint density at radius 3 is 3.00 bits per heavy atom. The van der Waals surface area contributed by atoms with Crippen LogP contribution in [-0.2, 0) is 23.1 Å². The van der Waals surface area contributed by atoms with Crippen LogP contribution in [-0.4, -0.2) is 21.6 Å². The average Bonchev–Trinajstić information content (AvgIpc) is 2.90. The van der Waals surface area contributed by atoms with E-state index in [2.05, 4.69) is 15.7 Å². The molecule has 114 valence electrons. The van der Waals surface area contributed by atoms with Gasteiger partial charge in [0.25, 0.3) is 0 Å². The van der Waals surface area contributed by atoms with E-state index in [-0.39, 0.29) is 17.7 Å². The molecule has 0 saturated carbocycles. The quantitative estimate of drug-likeness (QED) is 0.906. The van der Waals surface area contributed by atoms with E-state index in [1.165, 1.54) is 0 Å². The van der Waals surface area contributed by atoms with Crippen molar-refractivity contribution in [2.45, 2.75) is 19.3 Å². The number of hydrogen-bond donors (Lipinski definition) is 2. The van der Waals surface area contributed by atoms with Crippen molar-refractivity contribution in [1.29, 1.82) is 0 Å². The van der Waals surface area contributed by atoms with Gasteiger partial charge in [-0.15, -0.1) is 0 Å². The summed E-state index contributed by atoms with van der Waals surface area (Å²) >= 11 is 0. The fourth-order valence-corrected chi connectivity index (χ4v) is 2.64. The maximum absolute atomic E-state index is 12.1. The van der Waals surface area contributed by atoms with Crippen LogP contribution in [0.4, 0.5) is 11.5 Å². The van der Waals surface area contributed by atoms with Gasteiger partial charge in [-0.25, -0.2) is 0 Å². The monoisotopic (exact) mass is 298 g/mol. The molecule has 1 aromatic heterocycles. The molecule has 1 aliphatic rings. The van der Waals surface area contributed by atoms with Gasteiger partial charge in [-0.3, -0.25) is 14.3 Å². The molecular formula is C16H18N4O2. The summed E-state index contributed by atoms with van der Waals surface area (Å²) in [5.41, 5.74) is 2.00. The van der Waals surface area contributed by atoms with Gasteiger partial charge in [0.1, 0.15) is 0 Å². The van der Waals surface area contributed by atoms with Crippen LogP contribution in [0.15, 0.2) is 36.5 Å². The largest absolute Gasteiger partial charge is 0.326 e. The van der Waals surface area contributed by atoms with E-state index in [0.717, 1.165) is 11.3 Å². The summed E-state index contributed by atoms with van der Waals surface area (Å²) in [6.07, 6.45) is 3.27. The minimum atomic E-state index is -0.163. The van der Waals surface area contributed by atoms with Gasteiger partial charge in [-0.1, -0.05) is 18.2 Å². The topological polar surface area (TPSA) is 76.0 Å². The Morgan fingerprint density at radius 1 is 1.41 bits per heavy atom. The smallest absolute Gasteiger partial charge is 0.227 e. The van der Waals surface area contributed by atoms with E-state index in [0.29, 0.717) is 25.1 Å². The fraction of sp³-hybridized carbons (Fsp3) is 0.312. The van der Waals surface area contributed by atoms with Crippen LogP contribution in [0.3, 0.4) is 0 Å². The van der Waals surface area contributed by atoms with Crippen LogP contribution in [0.2, 0.25) is 0 Å². The van der Waals surface area contributed by atoms with Gasteiger partial charge in [0.15, 0.2) is 5.82 Å². The number of fused-ring (bicyclic) bond motifs is 1. The van der Waals surface area contributed by atoms with Crippen LogP contribution in [0.1, 0.15) is 18.4 Å². The number of nitrogens with one attached hydrogen (secondary N) is 2. The highest BCUT2D eigenvalue weighted by Crippen LogP contribution is 2.27. The van der Waals surface area contributed by atoms with E-state index < -0.39 is 0 Å². The summed E-state index contributed by atoms with van der Waals surface area (Å²) in [5.74, 6) is 0.241. The van der Waals surface area contributed by atoms with Gasteiger partial charge in [0, 0.05) is 37.3 Å². The Kier molecular flexibility index (Phi) is 3.91. The second-order valence-electron chi connectivity index (χ2n) is 5.51. The number of carbonyl (C=O) groups is 2. The molecular weight excluding hydrogens is 280 g/mol. The second-order valence-corrected chi connectivity index (χ2v) is 5.51. The zero-order valence-corrected chi connectivity index (χ0v) is 12.4. The first-order valence-corrected chi connectivity index (χ1v) is 7.30. The molecule has 0 radical (unpaired) electrons. The molecule has 1 unspecified atom stereocenters. The highest BCUT2D eigenvalue weighted by Gasteiger charge is 2.26. The third kappa shape index (κ3) is 3.16. The van der Waals surface area contributed by atoms with Crippen LogP contribution < -0.4 is 10.6 Å². The minimum Gasteiger partial charge on any atom is -0.326 e. The molecule has 6 nitrogen and oxygen atoms in total. The molecule has 0 saturated heterocycles. The van der Waals surface area contributed by atoms with Crippen molar-refractivity contribution < 1.29 is 9.59 Å². The summed E-state index contributed by atoms with van der Waals surface area (Å²) in [5, 5.41) is 9.73. The van der Waals surface area contributed by atoms with Gasteiger partial charge in [-0.05, 0) is 24.5 Å². The van der Waals surface area contributed by atoms with Crippen LogP contribution in [0.25, 0.3) is 0 Å². The van der Waals surface area contributed by atoms with Gasteiger partial charge in [0.2, 0.25) is 11.8 Å². The van der Waals surface area contributed by atoms with E-state index in [4.69, 9.17) is 0 Å². The van der Waals surface area contributed by atoms with Gasteiger partial charge >= 0.3 is 0 Å². The molecule has 2 amide bonds. The highest BCUT2D eigenvalue weighted by atomic mass is 16.2. The predicted octanol–water partition coefficient (Wildman–Crippen LogP) is 1.95. The van der Waals surface area contributed by atoms with E-state index in [1.807, 2.05) is 24.3 Å². The maximum Gasteiger partial charge on any atom is 0.227 e. The Bertz CT molecular complexity index is 708. The number of hydrogen-bond acceptors (Lipinski definition) is 3. The number of aromatic nitrogens is 2. The molecule has 3 rings (SSSR count). The molecule has 2 aromatic rings. The second kappa shape index (κ2) is 6.01. The maximum atomic E-state index is 12.1. The molecule has 0 fully saturated rings. The van der Waals surface area contributed by atoms with Crippen molar-refractivity contribution >= 4 is 23.3 Å². The Labute approximate surface area is 128 Å². The predicted molar refractivity (Wildman–Crippen MR) is 83.3 cm³/mol. The molecule has 0 bridgehead atoms. The number of carbonyl (C=O) groups excluding carboxylic acids is 2. The van der Waals surface area contributed by atoms with E-state index in [9.17, 15) is 9.59 Å². The molecule has 0 aliphatic carbocycles. The lowest BCUT2D eigenvalue weighted by atomic mass is 9.89. The standard InChI is InChI=1S/C16H18N4O2/c1-20-9-8-14(19-20)18-15(21)7-6-12-10-11-4-2-3-5-13(11)17-16(12)22/h2-5,8-9,12H,6-7,10H2,1H3,(H,17,22)(H,18,19,21). The average molecular weight is 298 g/mol. The summed E-state index contributed by atoms with van der Waals surface area (Å²) < 4.78 is 1.63. The SMILES string of the molecule is Cn1ccc(NC(=O)CCC2Cc3ccccc3NC2=O)n1. The summed E-state index contributed by atoms with van der Waals surface area (Å²) in [6, 6.07) is 9.51. The van der Waals surface area contributed by atoms with Crippen LogP contribution in [0.5, 0.6) is 0 Å². The molecule has 6 heteroatoms. The van der Waals surface area contributed by atoms with Crippen LogP contribution >= 0.6 is 0 Å². The number of benzene rings is 1. The van der Waals surface area contributed by atoms with Crippen molar-refractivity contribution in [1.82, 2.24) is 9.78 Å². The highest BCUT2D eigenvalue weighted by molar-refractivity contribution is 5.96. The molecule has 0 spiro atoms. The van der Waals surface area contributed by atoms with Crippen molar-refractivity contribution in [3.05, 3.63) is 42.1 Å². The lowest BCUT2D eigenvalue weighted by Gasteiger charge is -2.24. The number of para-hydroxylation sites is 1. The van der Waals surface area contributed by atoms with Crippen molar-refractivity contribution in [2.75, 3.05) is 10.6 Å². The normalized spacial score (nSPS) is 16.8. The van der Waals surface area contributed by atoms with Gasteiger partial charge < -0.3 is 10.6 Å². The summed E-state index contributed by atoms with van der Waals surface area (Å²) in [6.45, 7) is 0. The molecule has 22 heavy (non-hydrogen) atoms. The Morgan fingerprint density at radius 2 is 2.23 bits per heavy atom. The summed E-state index contributed by atoms with van der Waals surface area (Å²) in [4.78, 5) is 24.0.